The molecule has 1 saturated carbocycles. The normalized spacial score (nSPS) is 24.9. The van der Waals surface area contributed by atoms with Gasteiger partial charge in [0.15, 0.2) is 5.78 Å². The number of carbonyl (C=O) groups is 1. The molecular formula is C14H22N2O. The molecule has 3 heteroatoms. The van der Waals surface area contributed by atoms with Crippen molar-refractivity contribution in [2.45, 2.75) is 46.0 Å². The molecule has 0 unspecified atom stereocenters. The zero-order chi connectivity index (χ0) is 12.4. The summed E-state index contributed by atoms with van der Waals surface area (Å²) in [6.07, 6.45) is 7.53. The van der Waals surface area contributed by atoms with Crippen LogP contribution in [0.25, 0.3) is 0 Å². The predicted octanol–water partition coefficient (Wildman–Crippen LogP) is 3.13. The van der Waals surface area contributed by atoms with Crippen molar-refractivity contribution in [3.8, 4) is 0 Å². The fourth-order valence-electron chi connectivity index (χ4n) is 2.79. The Kier molecular flexibility index (Phi) is 3.65. The van der Waals surface area contributed by atoms with Gasteiger partial charge in [0, 0.05) is 18.7 Å². The van der Waals surface area contributed by atoms with E-state index in [2.05, 4.69) is 12.0 Å². The summed E-state index contributed by atoms with van der Waals surface area (Å²) in [5.41, 5.74) is 1.82. The SMILES string of the molecule is CCC1CCC(C(=O)c2cnn(C)c2C)CC1. The minimum Gasteiger partial charge on any atom is -0.294 e. The van der Waals surface area contributed by atoms with Crippen LogP contribution >= 0.6 is 0 Å². The van der Waals surface area contributed by atoms with E-state index in [1.54, 1.807) is 10.9 Å². The number of hydrogen-bond acceptors (Lipinski definition) is 2. The van der Waals surface area contributed by atoms with E-state index in [0.717, 1.165) is 30.0 Å². The van der Waals surface area contributed by atoms with E-state index in [4.69, 9.17) is 0 Å². The average molecular weight is 234 g/mol. The van der Waals surface area contributed by atoms with Crippen LogP contribution in [0.2, 0.25) is 0 Å². The molecule has 1 aromatic rings. The minimum atomic E-state index is 0.237. The van der Waals surface area contributed by atoms with E-state index in [-0.39, 0.29) is 5.92 Å². The van der Waals surface area contributed by atoms with Crippen molar-refractivity contribution in [1.29, 1.82) is 0 Å². The Morgan fingerprint density at radius 2 is 2.06 bits per heavy atom. The molecule has 0 amide bonds. The van der Waals surface area contributed by atoms with Crippen LogP contribution in [0.3, 0.4) is 0 Å². The zero-order valence-corrected chi connectivity index (χ0v) is 11.1. The first-order valence-corrected chi connectivity index (χ1v) is 6.66. The topological polar surface area (TPSA) is 34.9 Å². The number of Topliss-reactive ketones (excluding diaryl/α,β-unsaturated/α-hetero) is 1. The van der Waals surface area contributed by atoms with Crippen molar-refractivity contribution in [1.82, 2.24) is 9.78 Å². The van der Waals surface area contributed by atoms with Crippen molar-refractivity contribution >= 4 is 5.78 Å². The van der Waals surface area contributed by atoms with Crippen molar-refractivity contribution in [2.75, 3.05) is 0 Å². The maximum atomic E-state index is 12.4. The molecule has 94 valence electrons. The van der Waals surface area contributed by atoms with Crippen LogP contribution in [-0.4, -0.2) is 15.6 Å². The van der Waals surface area contributed by atoms with Crippen molar-refractivity contribution in [3.63, 3.8) is 0 Å². The van der Waals surface area contributed by atoms with E-state index in [1.165, 1.54) is 19.3 Å². The molecule has 0 saturated heterocycles. The van der Waals surface area contributed by atoms with E-state index in [0.29, 0.717) is 5.78 Å². The molecule has 0 atom stereocenters. The maximum absolute atomic E-state index is 12.4. The first-order valence-electron chi connectivity index (χ1n) is 6.66. The third kappa shape index (κ3) is 2.43. The summed E-state index contributed by atoms with van der Waals surface area (Å²) < 4.78 is 1.78. The Morgan fingerprint density at radius 1 is 1.41 bits per heavy atom. The van der Waals surface area contributed by atoms with Gasteiger partial charge in [0.1, 0.15) is 0 Å². The zero-order valence-electron chi connectivity index (χ0n) is 11.1. The van der Waals surface area contributed by atoms with E-state index < -0.39 is 0 Å². The number of aryl methyl sites for hydroxylation is 1. The smallest absolute Gasteiger partial charge is 0.169 e. The summed E-state index contributed by atoms with van der Waals surface area (Å²) in [6.45, 7) is 4.22. The van der Waals surface area contributed by atoms with Crippen molar-refractivity contribution < 1.29 is 4.79 Å². The molecule has 1 fully saturated rings. The quantitative estimate of drug-likeness (QED) is 0.753. The number of aromatic nitrogens is 2. The largest absolute Gasteiger partial charge is 0.294 e. The highest BCUT2D eigenvalue weighted by Crippen LogP contribution is 2.32. The van der Waals surface area contributed by atoms with Gasteiger partial charge in [-0.3, -0.25) is 9.48 Å². The van der Waals surface area contributed by atoms with Crippen LogP contribution in [0.4, 0.5) is 0 Å². The lowest BCUT2D eigenvalue weighted by Crippen LogP contribution is -2.22. The van der Waals surface area contributed by atoms with Crippen LogP contribution in [-0.2, 0) is 7.05 Å². The molecule has 0 N–H and O–H groups in total. The summed E-state index contributed by atoms with van der Waals surface area (Å²) in [7, 11) is 1.89. The Morgan fingerprint density at radius 3 is 2.53 bits per heavy atom. The lowest BCUT2D eigenvalue weighted by molar-refractivity contribution is 0.0870. The Labute approximate surface area is 103 Å². The molecule has 1 aliphatic rings. The average Bonchev–Trinajstić information content (AvgIpc) is 2.69. The predicted molar refractivity (Wildman–Crippen MR) is 68.0 cm³/mol. The van der Waals surface area contributed by atoms with Crippen LogP contribution < -0.4 is 0 Å². The van der Waals surface area contributed by atoms with E-state index >= 15 is 0 Å². The van der Waals surface area contributed by atoms with E-state index in [9.17, 15) is 4.79 Å². The molecular weight excluding hydrogens is 212 g/mol. The van der Waals surface area contributed by atoms with Gasteiger partial charge in [0.05, 0.1) is 11.8 Å². The molecule has 2 rings (SSSR count). The lowest BCUT2D eigenvalue weighted by Gasteiger charge is -2.26. The van der Waals surface area contributed by atoms with Gasteiger partial charge in [-0.2, -0.15) is 5.10 Å². The molecule has 0 radical (unpaired) electrons. The minimum absolute atomic E-state index is 0.237. The highest BCUT2D eigenvalue weighted by atomic mass is 16.1. The van der Waals surface area contributed by atoms with Gasteiger partial charge in [-0.25, -0.2) is 0 Å². The molecule has 1 aromatic heterocycles. The number of nitrogens with zero attached hydrogens (tertiary/aromatic N) is 2. The monoisotopic (exact) mass is 234 g/mol. The first-order chi connectivity index (χ1) is 8.13. The van der Waals surface area contributed by atoms with Gasteiger partial charge in [0.2, 0.25) is 0 Å². The third-order valence-corrected chi connectivity index (χ3v) is 4.30. The van der Waals surface area contributed by atoms with Gasteiger partial charge < -0.3 is 0 Å². The Bertz CT molecular complexity index is 400. The third-order valence-electron chi connectivity index (χ3n) is 4.30. The molecule has 0 bridgehead atoms. The fraction of sp³-hybridized carbons (Fsp3) is 0.714. The standard InChI is InChI=1S/C14H22N2O/c1-4-11-5-7-12(8-6-11)14(17)13-9-15-16(3)10(13)2/h9,11-12H,4-8H2,1-3H3. The second kappa shape index (κ2) is 5.03. The van der Waals surface area contributed by atoms with Gasteiger partial charge in [0.25, 0.3) is 0 Å². The second-order valence-electron chi connectivity index (χ2n) is 5.26. The van der Waals surface area contributed by atoms with Crippen LogP contribution in [0.1, 0.15) is 55.1 Å². The fourth-order valence-corrected chi connectivity index (χ4v) is 2.79. The van der Waals surface area contributed by atoms with Crippen molar-refractivity contribution in [3.05, 3.63) is 17.5 Å². The second-order valence-corrected chi connectivity index (χ2v) is 5.26. The van der Waals surface area contributed by atoms with Crippen LogP contribution in [0.15, 0.2) is 6.20 Å². The molecule has 17 heavy (non-hydrogen) atoms. The Balaban J connectivity index is 2.04. The summed E-state index contributed by atoms with van der Waals surface area (Å²) >= 11 is 0. The molecule has 3 nitrogen and oxygen atoms in total. The van der Waals surface area contributed by atoms with Gasteiger partial charge in [-0.05, 0) is 38.5 Å². The highest BCUT2D eigenvalue weighted by molar-refractivity contribution is 5.98. The summed E-state index contributed by atoms with van der Waals surface area (Å²) in [5, 5.41) is 4.16. The summed E-state index contributed by atoms with van der Waals surface area (Å²) in [6, 6.07) is 0. The molecule has 1 aliphatic carbocycles. The number of ketones is 1. The van der Waals surface area contributed by atoms with Gasteiger partial charge in [-0.1, -0.05) is 13.3 Å². The number of rotatable bonds is 3. The van der Waals surface area contributed by atoms with Gasteiger partial charge in [-0.15, -0.1) is 0 Å². The molecule has 1 heterocycles. The van der Waals surface area contributed by atoms with Gasteiger partial charge >= 0.3 is 0 Å². The van der Waals surface area contributed by atoms with Crippen LogP contribution in [0.5, 0.6) is 0 Å². The van der Waals surface area contributed by atoms with Crippen molar-refractivity contribution in [2.24, 2.45) is 18.9 Å². The molecule has 0 aliphatic heterocycles. The van der Waals surface area contributed by atoms with Crippen LogP contribution in [0, 0.1) is 18.8 Å². The highest BCUT2D eigenvalue weighted by Gasteiger charge is 2.27. The summed E-state index contributed by atoms with van der Waals surface area (Å²) in [5.74, 6) is 1.39. The number of hydrogen-bond donors (Lipinski definition) is 0. The first kappa shape index (κ1) is 12.3. The lowest BCUT2D eigenvalue weighted by atomic mass is 9.78. The maximum Gasteiger partial charge on any atom is 0.169 e. The summed E-state index contributed by atoms with van der Waals surface area (Å²) in [4.78, 5) is 12.4. The molecule has 0 spiro atoms. The number of carbonyl (C=O) groups excluding carboxylic acids is 1. The Hall–Kier alpha value is -1.12. The van der Waals surface area contributed by atoms with E-state index in [1.807, 2.05) is 14.0 Å². The molecule has 0 aromatic carbocycles.